The summed E-state index contributed by atoms with van der Waals surface area (Å²) in [6, 6.07) is 7.60. The Balaban J connectivity index is 3.00. The number of benzene rings is 1. The first kappa shape index (κ1) is 9.42. The largest absolute Gasteiger partial charge is 0.380 e. The van der Waals surface area contributed by atoms with Crippen molar-refractivity contribution in [3.63, 3.8) is 0 Å². The van der Waals surface area contributed by atoms with Crippen molar-refractivity contribution < 1.29 is 8.95 Å². The van der Waals surface area contributed by atoms with E-state index in [9.17, 15) is 4.21 Å². The van der Waals surface area contributed by atoms with Crippen molar-refractivity contribution in [3.8, 4) is 0 Å². The lowest BCUT2D eigenvalue weighted by Gasteiger charge is -2.04. The van der Waals surface area contributed by atoms with Crippen molar-refractivity contribution >= 4 is 10.8 Å². The summed E-state index contributed by atoms with van der Waals surface area (Å²) in [7, 11) is 0.712. The van der Waals surface area contributed by atoms with Crippen LogP contribution < -0.4 is 0 Å². The van der Waals surface area contributed by atoms with E-state index in [1.165, 1.54) is 0 Å². The van der Waals surface area contributed by atoms with Crippen LogP contribution in [0.4, 0.5) is 0 Å². The lowest BCUT2D eigenvalue weighted by Crippen LogP contribution is -1.96. The van der Waals surface area contributed by atoms with E-state index in [4.69, 9.17) is 4.74 Å². The summed E-state index contributed by atoms with van der Waals surface area (Å²) >= 11 is 0. The van der Waals surface area contributed by atoms with Gasteiger partial charge >= 0.3 is 0 Å². The van der Waals surface area contributed by atoms with Gasteiger partial charge in [-0.05, 0) is 11.6 Å². The Bertz CT molecular complexity index is 284. The first-order chi connectivity index (χ1) is 5.75. The molecule has 0 heterocycles. The third-order valence-corrected chi connectivity index (χ3v) is 2.60. The van der Waals surface area contributed by atoms with Gasteiger partial charge in [-0.2, -0.15) is 0 Å². The highest BCUT2D eigenvalue weighted by molar-refractivity contribution is 7.84. The Hall–Kier alpha value is -0.670. The molecular formula is C9H12O2S. The SMILES string of the molecule is COCc1ccccc1S(C)=O. The third kappa shape index (κ3) is 2.16. The quantitative estimate of drug-likeness (QED) is 0.712. The average molecular weight is 184 g/mol. The van der Waals surface area contributed by atoms with E-state index in [0.717, 1.165) is 10.5 Å². The molecule has 12 heavy (non-hydrogen) atoms. The Kier molecular flexibility index (Phi) is 3.44. The van der Waals surface area contributed by atoms with Crippen molar-refractivity contribution in [2.45, 2.75) is 11.5 Å². The van der Waals surface area contributed by atoms with E-state index in [1.807, 2.05) is 24.3 Å². The van der Waals surface area contributed by atoms with Gasteiger partial charge in [0.1, 0.15) is 0 Å². The smallest absolute Gasteiger partial charge is 0.0724 e. The van der Waals surface area contributed by atoms with Crippen LogP contribution >= 0.6 is 0 Å². The van der Waals surface area contributed by atoms with Crippen LogP contribution in [0.1, 0.15) is 5.56 Å². The lowest BCUT2D eigenvalue weighted by molar-refractivity contribution is 0.183. The van der Waals surface area contributed by atoms with Crippen LogP contribution in [0.2, 0.25) is 0 Å². The van der Waals surface area contributed by atoms with Gasteiger partial charge < -0.3 is 4.74 Å². The van der Waals surface area contributed by atoms with Crippen LogP contribution in [0, 0.1) is 0 Å². The summed E-state index contributed by atoms with van der Waals surface area (Å²) < 4.78 is 16.2. The maximum atomic E-state index is 11.2. The molecule has 2 nitrogen and oxygen atoms in total. The molecule has 0 aromatic heterocycles. The van der Waals surface area contributed by atoms with Crippen LogP contribution in [0.3, 0.4) is 0 Å². The zero-order chi connectivity index (χ0) is 8.97. The van der Waals surface area contributed by atoms with E-state index in [-0.39, 0.29) is 0 Å². The molecule has 0 spiro atoms. The van der Waals surface area contributed by atoms with Gasteiger partial charge in [0, 0.05) is 18.3 Å². The summed E-state index contributed by atoms with van der Waals surface area (Å²) in [4.78, 5) is 0.861. The highest BCUT2D eigenvalue weighted by atomic mass is 32.2. The summed E-state index contributed by atoms with van der Waals surface area (Å²) in [6.07, 6.45) is 1.68. The second-order valence-electron chi connectivity index (χ2n) is 2.49. The molecule has 0 aliphatic rings. The highest BCUT2D eigenvalue weighted by Gasteiger charge is 2.03. The van der Waals surface area contributed by atoms with E-state index in [0.29, 0.717) is 6.61 Å². The van der Waals surface area contributed by atoms with Crippen LogP contribution in [-0.4, -0.2) is 17.6 Å². The van der Waals surface area contributed by atoms with Crippen LogP contribution in [0.5, 0.6) is 0 Å². The monoisotopic (exact) mass is 184 g/mol. The normalized spacial score (nSPS) is 12.8. The molecule has 3 heteroatoms. The van der Waals surface area contributed by atoms with Gasteiger partial charge in [0.25, 0.3) is 0 Å². The minimum absolute atomic E-state index is 0.524. The molecule has 1 rings (SSSR count). The predicted octanol–water partition coefficient (Wildman–Crippen LogP) is 1.57. The van der Waals surface area contributed by atoms with Crippen LogP contribution in [-0.2, 0) is 22.1 Å². The maximum absolute atomic E-state index is 11.2. The molecule has 1 unspecified atom stereocenters. The molecular weight excluding hydrogens is 172 g/mol. The molecule has 0 saturated heterocycles. The Labute approximate surface area is 75.0 Å². The number of ether oxygens (including phenoxy) is 1. The average Bonchev–Trinajstić information content (AvgIpc) is 2.05. The molecule has 0 aliphatic carbocycles. The summed E-state index contributed by atoms with van der Waals surface area (Å²) in [5, 5.41) is 0. The van der Waals surface area contributed by atoms with Crippen molar-refractivity contribution in [1.29, 1.82) is 0 Å². The first-order valence-corrected chi connectivity index (χ1v) is 5.21. The highest BCUT2D eigenvalue weighted by Crippen LogP contribution is 2.12. The molecule has 0 N–H and O–H groups in total. The molecule has 0 aliphatic heterocycles. The van der Waals surface area contributed by atoms with Gasteiger partial charge in [-0.25, -0.2) is 0 Å². The van der Waals surface area contributed by atoms with Crippen molar-refractivity contribution in [3.05, 3.63) is 29.8 Å². The van der Waals surface area contributed by atoms with Crippen molar-refractivity contribution in [1.82, 2.24) is 0 Å². The van der Waals surface area contributed by atoms with Gasteiger partial charge in [0.15, 0.2) is 0 Å². The topological polar surface area (TPSA) is 26.3 Å². The molecule has 0 bridgehead atoms. The Morgan fingerprint density at radius 3 is 2.67 bits per heavy atom. The lowest BCUT2D eigenvalue weighted by atomic mass is 10.2. The third-order valence-electron chi connectivity index (χ3n) is 1.58. The molecule has 0 radical (unpaired) electrons. The van der Waals surface area contributed by atoms with Gasteiger partial charge in [0.2, 0.25) is 0 Å². The first-order valence-electron chi connectivity index (χ1n) is 3.66. The van der Waals surface area contributed by atoms with Crippen molar-refractivity contribution in [2.24, 2.45) is 0 Å². The molecule has 0 fully saturated rings. The second kappa shape index (κ2) is 4.38. The fourth-order valence-electron chi connectivity index (χ4n) is 1.06. The molecule has 0 amide bonds. The van der Waals surface area contributed by atoms with Crippen LogP contribution in [0.15, 0.2) is 29.2 Å². The van der Waals surface area contributed by atoms with Gasteiger partial charge in [0.05, 0.1) is 17.4 Å². The van der Waals surface area contributed by atoms with E-state index < -0.39 is 10.8 Å². The number of methoxy groups -OCH3 is 1. The number of rotatable bonds is 3. The standard InChI is InChI=1S/C9H12O2S/c1-11-7-8-5-3-4-6-9(8)12(2)10/h3-6H,7H2,1-2H3. The Morgan fingerprint density at radius 2 is 2.08 bits per heavy atom. The Morgan fingerprint density at radius 1 is 1.42 bits per heavy atom. The van der Waals surface area contributed by atoms with Crippen LogP contribution in [0.25, 0.3) is 0 Å². The summed E-state index contributed by atoms with van der Waals surface area (Å²) in [6.45, 7) is 0.524. The minimum Gasteiger partial charge on any atom is -0.380 e. The molecule has 1 aromatic rings. The molecule has 1 aromatic carbocycles. The molecule has 66 valence electrons. The van der Waals surface area contributed by atoms with E-state index >= 15 is 0 Å². The zero-order valence-electron chi connectivity index (χ0n) is 7.24. The minimum atomic E-state index is -0.922. The second-order valence-corrected chi connectivity index (χ2v) is 3.84. The molecule has 0 saturated carbocycles. The maximum Gasteiger partial charge on any atom is 0.0724 e. The van der Waals surface area contributed by atoms with E-state index in [1.54, 1.807) is 13.4 Å². The number of hydrogen-bond acceptors (Lipinski definition) is 2. The fourth-order valence-corrected chi connectivity index (χ4v) is 1.83. The number of hydrogen-bond donors (Lipinski definition) is 0. The van der Waals surface area contributed by atoms with Gasteiger partial charge in [-0.15, -0.1) is 0 Å². The van der Waals surface area contributed by atoms with Gasteiger partial charge in [-0.1, -0.05) is 18.2 Å². The zero-order valence-corrected chi connectivity index (χ0v) is 8.06. The van der Waals surface area contributed by atoms with Gasteiger partial charge in [-0.3, -0.25) is 4.21 Å². The summed E-state index contributed by atoms with van der Waals surface area (Å²) in [5.41, 5.74) is 1.00. The predicted molar refractivity (Wildman–Crippen MR) is 49.5 cm³/mol. The molecule has 1 atom stereocenters. The van der Waals surface area contributed by atoms with E-state index in [2.05, 4.69) is 0 Å². The fraction of sp³-hybridized carbons (Fsp3) is 0.333. The van der Waals surface area contributed by atoms with Crippen molar-refractivity contribution in [2.75, 3.05) is 13.4 Å². The summed E-state index contributed by atoms with van der Waals surface area (Å²) in [5.74, 6) is 0.